The fourth-order valence-corrected chi connectivity index (χ4v) is 2.54. The minimum atomic E-state index is -3.88. The van der Waals surface area contributed by atoms with Crippen LogP contribution >= 0.6 is 0 Å². The number of nitrogens with zero attached hydrogens (tertiary/aromatic N) is 3. The van der Waals surface area contributed by atoms with Crippen molar-refractivity contribution in [1.82, 2.24) is 14.8 Å². The first-order valence-electron chi connectivity index (χ1n) is 6.16. The molecular formula is C12H16N4O3S. The van der Waals surface area contributed by atoms with Crippen molar-refractivity contribution in [1.29, 1.82) is 0 Å². The molecule has 0 saturated heterocycles. The van der Waals surface area contributed by atoms with Gasteiger partial charge in [0.25, 0.3) is 15.2 Å². The van der Waals surface area contributed by atoms with Crippen molar-refractivity contribution >= 4 is 10.0 Å². The molecule has 2 rings (SSSR count). The molecule has 0 radical (unpaired) electrons. The highest BCUT2D eigenvalue weighted by molar-refractivity contribution is 7.89. The van der Waals surface area contributed by atoms with Crippen molar-refractivity contribution in [3.05, 3.63) is 24.3 Å². The molecule has 2 aromatic rings. The van der Waals surface area contributed by atoms with Gasteiger partial charge in [0.2, 0.25) is 0 Å². The van der Waals surface area contributed by atoms with E-state index in [-0.39, 0.29) is 5.16 Å². The molecular weight excluding hydrogens is 280 g/mol. The topological polar surface area (TPSA) is 100 Å². The summed E-state index contributed by atoms with van der Waals surface area (Å²) in [6.07, 6.45) is 0. The summed E-state index contributed by atoms with van der Waals surface area (Å²) in [6, 6.07) is 7.19. The highest BCUT2D eigenvalue weighted by atomic mass is 32.2. The average molecular weight is 296 g/mol. The SMILES string of the molecule is CCOc1ccc(-c2nnc(S(N)(=O)=O)n2CC)cc1. The van der Waals surface area contributed by atoms with Gasteiger partial charge in [-0.15, -0.1) is 10.2 Å². The molecule has 8 heteroatoms. The number of nitrogens with two attached hydrogens (primary N) is 1. The third-order valence-electron chi connectivity index (χ3n) is 2.71. The Morgan fingerprint density at radius 2 is 1.85 bits per heavy atom. The summed E-state index contributed by atoms with van der Waals surface area (Å²) in [6.45, 7) is 4.69. The molecule has 1 aromatic carbocycles. The number of sulfonamides is 1. The van der Waals surface area contributed by atoms with Gasteiger partial charge in [-0.1, -0.05) is 0 Å². The molecule has 0 spiro atoms. The smallest absolute Gasteiger partial charge is 0.273 e. The largest absolute Gasteiger partial charge is 0.494 e. The Morgan fingerprint density at radius 1 is 1.20 bits per heavy atom. The monoisotopic (exact) mass is 296 g/mol. The average Bonchev–Trinajstić information content (AvgIpc) is 2.83. The van der Waals surface area contributed by atoms with Gasteiger partial charge in [-0.2, -0.15) is 0 Å². The highest BCUT2D eigenvalue weighted by Crippen LogP contribution is 2.22. The van der Waals surface area contributed by atoms with Crippen LogP contribution in [0.5, 0.6) is 5.75 Å². The second-order valence-electron chi connectivity index (χ2n) is 4.05. The number of rotatable bonds is 5. The predicted octanol–water partition coefficient (Wildman–Crippen LogP) is 1.01. The van der Waals surface area contributed by atoms with Gasteiger partial charge in [-0.05, 0) is 38.1 Å². The predicted molar refractivity (Wildman–Crippen MR) is 73.7 cm³/mol. The van der Waals surface area contributed by atoms with Crippen LogP contribution < -0.4 is 9.88 Å². The lowest BCUT2D eigenvalue weighted by atomic mass is 10.2. The van der Waals surface area contributed by atoms with Crippen molar-refractivity contribution < 1.29 is 13.2 Å². The normalized spacial score (nSPS) is 11.6. The molecule has 20 heavy (non-hydrogen) atoms. The number of ether oxygens (including phenoxy) is 1. The van der Waals surface area contributed by atoms with Gasteiger partial charge in [0.15, 0.2) is 5.82 Å². The van der Waals surface area contributed by atoms with E-state index in [0.29, 0.717) is 19.0 Å². The molecule has 2 N–H and O–H groups in total. The molecule has 108 valence electrons. The summed E-state index contributed by atoms with van der Waals surface area (Å²) in [4.78, 5) is 0. The minimum Gasteiger partial charge on any atom is -0.494 e. The first kappa shape index (κ1) is 14.5. The molecule has 1 aromatic heterocycles. The molecule has 1 heterocycles. The van der Waals surface area contributed by atoms with Gasteiger partial charge in [-0.3, -0.25) is 4.57 Å². The van der Waals surface area contributed by atoms with E-state index < -0.39 is 10.0 Å². The van der Waals surface area contributed by atoms with E-state index in [1.54, 1.807) is 31.2 Å². The third-order valence-corrected chi connectivity index (χ3v) is 3.52. The van der Waals surface area contributed by atoms with Crippen LogP contribution in [-0.2, 0) is 16.6 Å². The third kappa shape index (κ3) is 2.81. The minimum absolute atomic E-state index is 0.233. The molecule has 0 fully saturated rings. The molecule has 0 bridgehead atoms. The first-order chi connectivity index (χ1) is 9.47. The molecule has 7 nitrogen and oxygen atoms in total. The standard InChI is InChI=1S/C12H16N4O3S/c1-3-16-11(14-15-12(16)20(13,17)18)9-5-7-10(8-6-9)19-4-2/h5-8H,3-4H2,1-2H3,(H2,13,17,18). The summed E-state index contributed by atoms with van der Waals surface area (Å²) in [5, 5.41) is 12.5. The van der Waals surface area contributed by atoms with Crippen molar-refractivity contribution in [2.75, 3.05) is 6.61 Å². The lowest BCUT2D eigenvalue weighted by Gasteiger charge is -2.07. The maximum absolute atomic E-state index is 11.4. The van der Waals surface area contributed by atoms with E-state index >= 15 is 0 Å². The van der Waals surface area contributed by atoms with Gasteiger partial charge >= 0.3 is 0 Å². The van der Waals surface area contributed by atoms with Gasteiger partial charge in [0.05, 0.1) is 6.61 Å². The quantitative estimate of drug-likeness (QED) is 0.887. The van der Waals surface area contributed by atoms with E-state index in [1.807, 2.05) is 6.92 Å². The van der Waals surface area contributed by atoms with Crippen LogP contribution in [0, 0.1) is 0 Å². The Morgan fingerprint density at radius 3 is 2.35 bits per heavy atom. The summed E-state index contributed by atoms with van der Waals surface area (Å²) in [5.41, 5.74) is 0.748. The molecule has 0 unspecified atom stereocenters. The van der Waals surface area contributed by atoms with Crippen LogP contribution in [0.3, 0.4) is 0 Å². The second kappa shape index (κ2) is 5.59. The number of aromatic nitrogens is 3. The van der Waals surface area contributed by atoms with E-state index in [9.17, 15) is 8.42 Å². The number of hydrogen-bond acceptors (Lipinski definition) is 5. The molecule has 0 aliphatic carbocycles. The summed E-state index contributed by atoms with van der Waals surface area (Å²) in [5.74, 6) is 1.20. The Labute approximate surface area is 117 Å². The zero-order chi connectivity index (χ0) is 14.8. The zero-order valence-corrected chi connectivity index (χ0v) is 12.1. The van der Waals surface area contributed by atoms with Crippen LogP contribution in [0.25, 0.3) is 11.4 Å². The fraction of sp³-hybridized carbons (Fsp3) is 0.333. The summed E-state index contributed by atoms with van der Waals surface area (Å²) < 4.78 is 29.7. The Balaban J connectivity index is 2.45. The van der Waals surface area contributed by atoms with E-state index in [2.05, 4.69) is 10.2 Å². The van der Waals surface area contributed by atoms with E-state index in [4.69, 9.17) is 9.88 Å². The Hall–Kier alpha value is -1.93. The Bertz CT molecular complexity index is 692. The fourth-order valence-electron chi connectivity index (χ4n) is 1.86. The van der Waals surface area contributed by atoms with Gasteiger partial charge in [0.1, 0.15) is 5.75 Å². The van der Waals surface area contributed by atoms with Crippen LogP contribution in [0.15, 0.2) is 29.4 Å². The Kier molecular flexibility index (Phi) is 4.05. The van der Waals surface area contributed by atoms with Gasteiger partial charge < -0.3 is 4.74 Å². The number of benzene rings is 1. The van der Waals surface area contributed by atoms with E-state index in [0.717, 1.165) is 11.3 Å². The molecule has 0 saturated carbocycles. The van der Waals surface area contributed by atoms with Crippen LogP contribution in [0.1, 0.15) is 13.8 Å². The van der Waals surface area contributed by atoms with Gasteiger partial charge in [-0.25, -0.2) is 13.6 Å². The van der Waals surface area contributed by atoms with Crippen molar-refractivity contribution in [2.24, 2.45) is 5.14 Å². The molecule has 0 aliphatic rings. The maximum Gasteiger partial charge on any atom is 0.273 e. The van der Waals surface area contributed by atoms with Crippen LogP contribution in [-0.4, -0.2) is 29.8 Å². The lowest BCUT2D eigenvalue weighted by molar-refractivity contribution is 0.340. The van der Waals surface area contributed by atoms with Crippen molar-refractivity contribution in [2.45, 2.75) is 25.5 Å². The molecule has 0 atom stereocenters. The zero-order valence-electron chi connectivity index (χ0n) is 11.3. The number of hydrogen-bond donors (Lipinski definition) is 1. The van der Waals surface area contributed by atoms with Crippen molar-refractivity contribution in [3.8, 4) is 17.1 Å². The maximum atomic E-state index is 11.4. The summed E-state index contributed by atoms with van der Waals surface area (Å²) >= 11 is 0. The molecule has 0 aliphatic heterocycles. The first-order valence-corrected chi connectivity index (χ1v) is 7.71. The van der Waals surface area contributed by atoms with Crippen LogP contribution in [0.4, 0.5) is 0 Å². The summed E-state index contributed by atoms with van der Waals surface area (Å²) in [7, 11) is -3.88. The van der Waals surface area contributed by atoms with Crippen molar-refractivity contribution in [3.63, 3.8) is 0 Å². The van der Waals surface area contributed by atoms with E-state index in [1.165, 1.54) is 4.57 Å². The lowest BCUT2D eigenvalue weighted by Crippen LogP contribution is -2.18. The highest BCUT2D eigenvalue weighted by Gasteiger charge is 2.20. The second-order valence-corrected chi connectivity index (χ2v) is 5.51. The molecule has 0 amide bonds. The number of primary sulfonamides is 1. The van der Waals surface area contributed by atoms with Crippen LogP contribution in [0.2, 0.25) is 0 Å². The van der Waals surface area contributed by atoms with Gasteiger partial charge in [0, 0.05) is 12.1 Å².